The van der Waals surface area contributed by atoms with E-state index in [2.05, 4.69) is 6.07 Å². The summed E-state index contributed by atoms with van der Waals surface area (Å²) in [5.74, 6) is 0. The predicted octanol–water partition coefficient (Wildman–Crippen LogP) is 4.17. The average Bonchev–Trinajstić information content (AvgIpc) is 2.89. The molecule has 0 aromatic rings. The third-order valence-corrected chi connectivity index (χ3v) is 3.37. The van der Waals surface area contributed by atoms with Gasteiger partial charge in [0.05, 0.1) is 6.07 Å². The van der Waals surface area contributed by atoms with Crippen molar-refractivity contribution in [2.75, 3.05) is 13.2 Å². The van der Waals surface area contributed by atoms with E-state index >= 15 is 0 Å². The highest BCUT2D eigenvalue weighted by Gasteiger charge is 2.14. The van der Waals surface area contributed by atoms with Crippen molar-refractivity contribution in [2.24, 2.45) is 0 Å². The first-order chi connectivity index (χ1) is 8.93. The Balaban J connectivity index is 1.69. The second kappa shape index (κ2) is 11.5. The van der Waals surface area contributed by atoms with Gasteiger partial charge in [0.15, 0.2) is 6.29 Å². The number of nitriles is 1. The monoisotopic (exact) mass is 253 g/mol. The van der Waals surface area contributed by atoms with E-state index in [9.17, 15) is 0 Å². The van der Waals surface area contributed by atoms with Gasteiger partial charge in [-0.2, -0.15) is 5.26 Å². The Morgan fingerprint density at radius 2 is 1.67 bits per heavy atom. The van der Waals surface area contributed by atoms with Gasteiger partial charge in [-0.15, -0.1) is 0 Å². The molecule has 18 heavy (non-hydrogen) atoms. The van der Waals surface area contributed by atoms with Crippen molar-refractivity contribution < 1.29 is 9.47 Å². The lowest BCUT2D eigenvalue weighted by atomic mass is 10.1. The quantitative estimate of drug-likeness (QED) is 0.519. The van der Waals surface area contributed by atoms with Crippen LogP contribution in [0.5, 0.6) is 0 Å². The zero-order valence-electron chi connectivity index (χ0n) is 11.5. The minimum absolute atomic E-state index is 0.0881. The Hall–Kier alpha value is -0.590. The largest absolute Gasteiger partial charge is 0.353 e. The van der Waals surface area contributed by atoms with Gasteiger partial charge in [-0.05, 0) is 19.3 Å². The van der Waals surface area contributed by atoms with Crippen molar-refractivity contribution in [1.82, 2.24) is 0 Å². The van der Waals surface area contributed by atoms with Gasteiger partial charge in [-0.25, -0.2) is 0 Å². The van der Waals surface area contributed by atoms with Crippen LogP contribution in [0.4, 0.5) is 0 Å². The minimum atomic E-state index is 0.0881. The maximum atomic E-state index is 8.40. The Labute approximate surface area is 111 Å². The van der Waals surface area contributed by atoms with E-state index in [0.717, 1.165) is 45.3 Å². The number of rotatable bonds is 11. The van der Waals surface area contributed by atoms with Gasteiger partial charge in [-0.1, -0.05) is 38.5 Å². The first-order valence-corrected chi connectivity index (χ1v) is 7.53. The summed E-state index contributed by atoms with van der Waals surface area (Å²) in [5.41, 5.74) is 0. The molecule has 0 bridgehead atoms. The standard InChI is InChI=1S/C15H27NO2/c16-12-8-6-4-2-1-3-5-7-9-13-17-15-11-10-14-18-15/h15H,1-11,13-14H2. The van der Waals surface area contributed by atoms with E-state index in [1.807, 2.05) is 0 Å². The van der Waals surface area contributed by atoms with E-state index in [-0.39, 0.29) is 6.29 Å². The lowest BCUT2D eigenvalue weighted by molar-refractivity contribution is -0.111. The number of hydrogen-bond donors (Lipinski definition) is 0. The van der Waals surface area contributed by atoms with Gasteiger partial charge in [0, 0.05) is 26.1 Å². The number of ether oxygens (including phenoxy) is 2. The van der Waals surface area contributed by atoms with Gasteiger partial charge in [0.25, 0.3) is 0 Å². The van der Waals surface area contributed by atoms with Crippen molar-refractivity contribution in [2.45, 2.75) is 76.9 Å². The van der Waals surface area contributed by atoms with Crippen LogP contribution in [0.1, 0.15) is 70.6 Å². The Kier molecular flexibility index (Phi) is 9.88. The summed E-state index contributed by atoms with van der Waals surface area (Å²) in [7, 11) is 0. The molecule has 1 atom stereocenters. The highest BCUT2D eigenvalue weighted by atomic mass is 16.7. The molecule has 1 unspecified atom stereocenters. The second-order valence-electron chi connectivity index (χ2n) is 5.05. The molecule has 0 N–H and O–H groups in total. The Morgan fingerprint density at radius 3 is 2.28 bits per heavy atom. The third-order valence-electron chi connectivity index (χ3n) is 3.37. The van der Waals surface area contributed by atoms with Crippen LogP contribution in [0.15, 0.2) is 0 Å². The molecule has 0 aliphatic carbocycles. The highest BCUT2D eigenvalue weighted by molar-refractivity contribution is 4.67. The van der Waals surface area contributed by atoms with Crippen LogP contribution in [0.3, 0.4) is 0 Å². The summed E-state index contributed by atoms with van der Waals surface area (Å²) in [6.07, 6.45) is 13.0. The fourth-order valence-electron chi connectivity index (χ4n) is 2.26. The van der Waals surface area contributed by atoms with Crippen molar-refractivity contribution in [3.8, 4) is 6.07 Å². The lowest BCUT2D eigenvalue weighted by Crippen LogP contribution is -2.11. The van der Waals surface area contributed by atoms with Gasteiger partial charge < -0.3 is 9.47 Å². The summed E-state index contributed by atoms with van der Waals surface area (Å²) in [5, 5.41) is 8.40. The molecule has 1 aliphatic heterocycles. The predicted molar refractivity (Wildman–Crippen MR) is 72.1 cm³/mol. The maximum absolute atomic E-state index is 8.40. The van der Waals surface area contributed by atoms with Gasteiger partial charge in [0.2, 0.25) is 0 Å². The van der Waals surface area contributed by atoms with Crippen molar-refractivity contribution >= 4 is 0 Å². The van der Waals surface area contributed by atoms with E-state index in [1.165, 1.54) is 38.5 Å². The average molecular weight is 253 g/mol. The summed E-state index contributed by atoms with van der Waals surface area (Å²) in [6.45, 7) is 1.73. The zero-order valence-corrected chi connectivity index (χ0v) is 11.5. The normalized spacial score (nSPS) is 18.9. The van der Waals surface area contributed by atoms with Crippen LogP contribution in [-0.2, 0) is 9.47 Å². The van der Waals surface area contributed by atoms with Crippen LogP contribution in [-0.4, -0.2) is 19.5 Å². The number of nitrogens with zero attached hydrogens (tertiary/aromatic N) is 1. The molecule has 0 amide bonds. The van der Waals surface area contributed by atoms with Crippen molar-refractivity contribution in [3.05, 3.63) is 0 Å². The molecule has 1 fully saturated rings. The van der Waals surface area contributed by atoms with Crippen LogP contribution in [0.25, 0.3) is 0 Å². The molecule has 1 heterocycles. The molecule has 0 saturated carbocycles. The molecular weight excluding hydrogens is 226 g/mol. The van der Waals surface area contributed by atoms with Gasteiger partial charge >= 0.3 is 0 Å². The fourth-order valence-corrected chi connectivity index (χ4v) is 2.26. The van der Waals surface area contributed by atoms with E-state index in [0.29, 0.717) is 0 Å². The molecule has 1 aliphatic rings. The van der Waals surface area contributed by atoms with Crippen LogP contribution < -0.4 is 0 Å². The summed E-state index contributed by atoms with van der Waals surface area (Å²) < 4.78 is 11.0. The SMILES string of the molecule is N#CCCCCCCCCCCOC1CCCO1. The van der Waals surface area contributed by atoms with Gasteiger partial charge in [-0.3, -0.25) is 0 Å². The number of unbranched alkanes of at least 4 members (excludes halogenated alkanes) is 8. The van der Waals surface area contributed by atoms with Crippen LogP contribution in [0.2, 0.25) is 0 Å². The van der Waals surface area contributed by atoms with E-state index in [1.54, 1.807) is 0 Å². The fraction of sp³-hybridized carbons (Fsp3) is 0.933. The maximum Gasteiger partial charge on any atom is 0.157 e. The summed E-state index contributed by atoms with van der Waals surface area (Å²) in [6, 6.07) is 2.19. The number of hydrogen-bond acceptors (Lipinski definition) is 3. The van der Waals surface area contributed by atoms with Crippen molar-refractivity contribution in [1.29, 1.82) is 5.26 Å². The summed E-state index contributed by atoms with van der Waals surface area (Å²) >= 11 is 0. The highest BCUT2D eigenvalue weighted by Crippen LogP contribution is 2.14. The molecule has 0 aromatic carbocycles. The third kappa shape index (κ3) is 8.49. The molecule has 3 heteroatoms. The molecule has 1 saturated heterocycles. The topological polar surface area (TPSA) is 42.2 Å². The Morgan fingerprint density at radius 1 is 1.00 bits per heavy atom. The van der Waals surface area contributed by atoms with Crippen LogP contribution >= 0.6 is 0 Å². The minimum Gasteiger partial charge on any atom is -0.353 e. The molecule has 0 spiro atoms. The molecular formula is C15H27NO2. The lowest BCUT2D eigenvalue weighted by Gasteiger charge is -2.10. The molecule has 104 valence electrons. The molecule has 0 aromatic heterocycles. The van der Waals surface area contributed by atoms with E-state index in [4.69, 9.17) is 14.7 Å². The first kappa shape index (κ1) is 15.5. The molecule has 0 radical (unpaired) electrons. The summed E-state index contributed by atoms with van der Waals surface area (Å²) in [4.78, 5) is 0. The first-order valence-electron chi connectivity index (χ1n) is 7.53. The second-order valence-corrected chi connectivity index (χ2v) is 5.05. The van der Waals surface area contributed by atoms with Crippen molar-refractivity contribution in [3.63, 3.8) is 0 Å². The van der Waals surface area contributed by atoms with Crippen LogP contribution in [0, 0.1) is 11.3 Å². The Bertz CT molecular complexity index is 219. The van der Waals surface area contributed by atoms with Gasteiger partial charge in [0.1, 0.15) is 0 Å². The van der Waals surface area contributed by atoms with E-state index < -0.39 is 0 Å². The molecule has 3 nitrogen and oxygen atoms in total. The molecule has 1 rings (SSSR count). The smallest absolute Gasteiger partial charge is 0.157 e. The zero-order chi connectivity index (χ0) is 12.9.